The number of furan rings is 1. The van der Waals surface area contributed by atoms with Gasteiger partial charge in [-0.3, -0.25) is 9.59 Å². The lowest BCUT2D eigenvalue weighted by molar-refractivity contribution is -0.130. The highest BCUT2D eigenvalue weighted by atomic mass is 16.3. The molecule has 1 aromatic heterocycles. The zero-order valence-electron chi connectivity index (χ0n) is 13.5. The Bertz CT molecular complexity index is 650. The summed E-state index contributed by atoms with van der Waals surface area (Å²) in [6.07, 6.45) is 1.84. The number of rotatable bonds is 7. The first kappa shape index (κ1) is 16.8. The van der Waals surface area contributed by atoms with E-state index in [0.29, 0.717) is 25.4 Å². The first-order chi connectivity index (χ1) is 11.1. The second kappa shape index (κ2) is 8.17. The summed E-state index contributed by atoms with van der Waals surface area (Å²) in [6.45, 7) is 4.77. The van der Waals surface area contributed by atoms with E-state index in [4.69, 9.17) is 4.42 Å². The lowest BCUT2D eigenvalue weighted by Crippen LogP contribution is -2.33. The normalized spacial score (nSPS) is 10.3. The predicted octanol–water partition coefficient (Wildman–Crippen LogP) is 2.64. The number of aryl methyl sites for hydroxylation is 1. The van der Waals surface area contributed by atoms with Crippen LogP contribution >= 0.6 is 0 Å². The van der Waals surface area contributed by atoms with Gasteiger partial charge in [0.15, 0.2) is 0 Å². The third-order valence-electron chi connectivity index (χ3n) is 3.72. The summed E-state index contributed by atoms with van der Waals surface area (Å²) in [4.78, 5) is 25.2. The fourth-order valence-corrected chi connectivity index (χ4v) is 2.27. The molecule has 0 fully saturated rings. The number of nitrogens with zero attached hydrogens (tertiary/aromatic N) is 1. The van der Waals surface area contributed by atoms with E-state index in [9.17, 15) is 9.59 Å². The van der Waals surface area contributed by atoms with Gasteiger partial charge in [-0.1, -0.05) is 24.3 Å². The summed E-state index contributed by atoms with van der Waals surface area (Å²) in [7, 11) is 0. The van der Waals surface area contributed by atoms with Crippen molar-refractivity contribution < 1.29 is 14.0 Å². The van der Waals surface area contributed by atoms with Gasteiger partial charge in [-0.25, -0.2) is 0 Å². The summed E-state index contributed by atoms with van der Waals surface area (Å²) in [5.74, 6) is 0.563. The Kier molecular flexibility index (Phi) is 5.97. The second-order valence-corrected chi connectivity index (χ2v) is 5.47. The van der Waals surface area contributed by atoms with Crippen LogP contribution in [0.5, 0.6) is 0 Å². The highest BCUT2D eigenvalue weighted by Gasteiger charge is 2.13. The maximum Gasteiger partial charge on any atom is 0.222 e. The van der Waals surface area contributed by atoms with E-state index < -0.39 is 0 Å². The number of hydrogen-bond acceptors (Lipinski definition) is 3. The molecular weight excluding hydrogens is 292 g/mol. The molecule has 2 amide bonds. The lowest BCUT2D eigenvalue weighted by Gasteiger charge is -2.19. The fourth-order valence-electron chi connectivity index (χ4n) is 2.27. The summed E-state index contributed by atoms with van der Waals surface area (Å²) in [5, 5.41) is 2.89. The molecule has 5 heteroatoms. The Labute approximate surface area is 136 Å². The number of carbonyl (C=O) groups is 2. The number of hydrogen-bond donors (Lipinski definition) is 1. The largest absolute Gasteiger partial charge is 0.467 e. The van der Waals surface area contributed by atoms with Crippen molar-refractivity contribution in [1.82, 2.24) is 10.2 Å². The van der Waals surface area contributed by atoms with Gasteiger partial charge in [-0.2, -0.15) is 0 Å². The Balaban J connectivity index is 1.80. The molecule has 0 spiro atoms. The zero-order chi connectivity index (χ0) is 16.7. The van der Waals surface area contributed by atoms with Crippen LogP contribution in [0.3, 0.4) is 0 Å². The van der Waals surface area contributed by atoms with Crippen LogP contribution in [0.4, 0.5) is 0 Å². The minimum absolute atomic E-state index is 0.0704. The van der Waals surface area contributed by atoms with Crippen LogP contribution in [0.2, 0.25) is 0 Å². The van der Waals surface area contributed by atoms with E-state index in [0.717, 1.165) is 11.1 Å². The van der Waals surface area contributed by atoms with Gasteiger partial charge < -0.3 is 14.6 Å². The molecule has 0 unspecified atom stereocenters. The van der Waals surface area contributed by atoms with E-state index in [-0.39, 0.29) is 18.2 Å². The van der Waals surface area contributed by atoms with Crippen LogP contribution < -0.4 is 5.32 Å². The van der Waals surface area contributed by atoms with Gasteiger partial charge in [-0.05, 0) is 30.2 Å². The first-order valence-electron chi connectivity index (χ1n) is 7.65. The van der Waals surface area contributed by atoms with Gasteiger partial charge in [0, 0.05) is 26.4 Å². The van der Waals surface area contributed by atoms with Crippen molar-refractivity contribution in [3.8, 4) is 0 Å². The van der Waals surface area contributed by atoms with Crippen LogP contribution in [-0.4, -0.2) is 23.3 Å². The maximum atomic E-state index is 12.0. The fraction of sp³-hybridized carbons (Fsp3) is 0.333. The van der Waals surface area contributed by atoms with E-state index in [2.05, 4.69) is 5.32 Å². The van der Waals surface area contributed by atoms with Crippen molar-refractivity contribution in [2.45, 2.75) is 33.4 Å². The molecule has 0 aliphatic carbocycles. The molecular formula is C18H22N2O3. The topological polar surface area (TPSA) is 62.6 Å². The molecule has 1 N–H and O–H groups in total. The second-order valence-electron chi connectivity index (χ2n) is 5.47. The zero-order valence-corrected chi connectivity index (χ0v) is 13.5. The van der Waals surface area contributed by atoms with E-state index >= 15 is 0 Å². The molecule has 0 bridgehead atoms. The van der Waals surface area contributed by atoms with Crippen LogP contribution in [0.25, 0.3) is 0 Å². The molecule has 1 heterocycles. The molecule has 0 atom stereocenters. The number of benzene rings is 1. The lowest BCUT2D eigenvalue weighted by atomic mass is 10.1. The van der Waals surface area contributed by atoms with Crippen molar-refractivity contribution in [2.75, 3.05) is 6.54 Å². The molecule has 5 nitrogen and oxygen atoms in total. The Morgan fingerprint density at radius 3 is 2.61 bits per heavy atom. The van der Waals surface area contributed by atoms with Crippen molar-refractivity contribution in [3.63, 3.8) is 0 Å². The maximum absolute atomic E-state index is 12.0. The summed E-state index contributed by atoms with van der Waals surface area (Å²) in [5.41, 5.74) is 2.25. The predicted molar refractivity (Wildman–Crippen MR) is 87.4 cm³/mol. The van der Waals surface area contributed by atoms with Gasteiger partial charge in [0.1, 0.15) is 5.76 Å². The summed E-state index contributed by atoms with van der Waals surface area (Å²) >= 11 is 0. The van der Waals surface area contributed by atoms with Gasteiger partial charge in [0.2, 0.25) is 11.8 Å². The molecule has 122 valence electrons. The Morgan fingerprint density at radius 1 is 1.17 bits per heavy atom. The summed E-state index contributed by atoms with van der Waals surface area (Å²) < 4.78 is 5.25. The first-order valence-corrected chi connectivity index (χ1v) is 7.65. The van der Waals surface area contributed by atoms with Crippen LogP contribution in [0, 0.1) is 6.92 Å². The smallest absolute Gasteiger partial charge is 0.222 e. The number of amides is 2. The quantitative estimate of drug-likeness (QED) is 0.854. The highest BCUT2D eigenvalue weighted by molar-refractivity contribution is 5.78. The molecule has 0 saturated carbocycles. The van der Waals surface area contributed by atoms with E-state index in [1.54, 1.807) is 17.2 Å². The van der Waals surface area contributed by atoms with E-state index in [1.165, 1.54) is 6.92 Å². The van der Waals surface area contributed by atoms with Crippen LogP contribution in [0.15, 0.2) is 47.1 Å². The van der Waals surface area contributed by atoms with Crippen molar-refractivity contribution in [1.29, 1.82) is 0 Å². The summed E-state index contributed by atoms with van der Waals surface area (Å²) in [6, 6.07) is 11.5. The highest BCUT2D eigenvalue weighted by Crippen LogP contribution is 2.08. The Morgan fingerprint density at radius 2 is 1.96 bits per heavy atom. The molecule has 0 saturated heterocycles. The van der Waals surface area contributed by atoms with Crippen LogP contribution in [-0.2, 0) is 22.7 Å². The third kappa shape index (κ3) is 5.29. The molecule has 2 aromatic rings. The van der Waals surface area contributed by atoms with Crippen molar-refractivity contribution >= 4 is 11.8 Å². The Hall–Kier alpha value is -2.56. The third-order valence-corrected chi connectivity index (χ3v) is 3.72. The van der Waals surface area contributed by atoms with Crippen molar-refractivity contribution in [3.05, 3.63) is 59.5 Å². The number of carbonyl (C=O) groups excluding carboxylic acids is 2. The van der Waals surface area contributed by atoms with E-state index in [1.807, 2.05) is 37.3 Å². The molecule has 1 aromatic carbocycles. The van der Waals surface area contributed by atoms with Gasteiger partial charge >= 0.3 is 0 Å². The molecule has 2 rings (SSSR count). The van der Waals surface area contributed by atoms with Crippen LogP contribution in [0.1, 0.15) is 30.2 Å². The number of nitrogens with one attached hydrogen (secondary N) is 1. The average molecular weight is 314 g/mol. The molecule has 23 heavy (non-hydrogen) atoms. The van der Waals surface area contributed by atoms with Crippen molar-refractivity contribution in [2.24, 2.45) is 0 Å². The molecule has 0 aliphatic rings. The average Bonchev–Trinajstić information content (AvgIpc) is 3.03. The van der Waals surface area contributed by atoms with Gasteiger partial charge in [-0.15, -0.1) is 0 Å². The standard InChI is InChI=1S/C18H22N2O3/c1-14-6-3-4-7-16(14)12-19-18(22)9-10-20(15(2)21)13-17-8-5-11-23-17/h3-8,11H,9-10,12-13H2,1-2H3,(H,19,22). The minimum Gasteiger partial charge on any atom is -0.467 e. The molecule has 0 radical (unpaired) electrons. The van der Waals surface area contributed by atoms with Gasteiger partial charge in [0.25, 0.3) is 0 Å². The monoisotopic (exact) mass is 314 g/mol. The minimum atomic E-state index is -0.0758. The van der Waals surface area contributed by atoms with Gasteiger partial charge in [0.05, 0.1) is 12.8 Å². The SMILES string of the molecule is CC(=O)N(CCC(=O)NCc1ccccc1C)Cc1ccco1. The molecule has 0 aliphatic heterocycles.